The summed E-state index contributed by atoms with van der Waals surface area (Å²) in [6.45, 7) is 2.61. The van der Waals surface area contributed by atoms with Crippen molar-refractivity contribution in [2.24, 2.45) is 0 Å². The third-order valence-electron chi connectivity index (χ3n) is 5.89. The Labute approximate surface area is 189 Å². The SMILES string of the molecule is Cc1cnc2c(c1)c(C#N)c(-c1ccc(S(=O)(=O)N[C@@H](C)C(F)(F)F)cn1)n2C1CCCC1. The van der Waals surface area contributed by atoms with E-state index in [0.717, 1.165) is 44.4 Å². The smallest absolute Gasteiger partial charge is 0.320 e. The average molecular weight is 478 g/mol. The molecule has 0 unspecified atom stereocenters. The second-order valence-corrected chi connectivity index (χ2v) is 10.0. The fourth-order valence-electron chi connectivity index (χ4n) is 4.22. The molecule has 3 heterocycles. The summed E-state index contributed by atoms with van der Waals surface area (Å²) < 4.78 is 66.8. The maximum atomic E-state index is 12.8. The van der Waals surface area contributed by atoms with Gasteiger partial charge in [0.05, 0.1) is 17.0 Å². The lowest BCUT2D eigenvalue weighted by molar-refractivity contribution is -0.147. The minimum atomic E-state index is -4.71. The Morgan fingerprint density at radius 1 is 1.21 bits per heavy atom. The average Bonchev–Trinajstić information content (AvgIpc) is 3.38. The first-order valence-electron chi connectivity index (χ1n) is 10.5. The van der Waals surface area contributed by atoms with Gasteiger partial charge in [-0.3, -0.25) is 4.98 Å². The number of aromatic nitrogens is 3. The zero-order chi connectivity index (χ0) is 24.0. The van der Waals surface area contributed by atoms with E-state index in [2.05, 4.69) is 16.0 Å². The number of pyridine rings is 2. The maximum absolute atomic E-state index is 12.8. The van der Waals surface area contributed by atoms with Crippen LogP contribution in [0.15, 0.2) is 35.5 Å². The van der Waals surface area contributed by atoms with Gasteiger partial charge in [-0.25, -0.2) is 13.4 Å². The number of fused-ring (bicyclic) bond motifs is 1. The number of hydrogen-bond acceptors (Lipinski definition) is 5. The lowest BCUT2D eigenvalue weighted by atomic mass is 10.1. The predicted molar refractivity (Wildman–Crippen MR) is 116 cm³/mol. The molecule has 1 N–H and O–H groups in total. The van der Waals surface area contributed by atoms with E-state index < -0.39 is 27.1 Å². The number of alkyl halides is 3. The van der Waals surface area contributed by atoms with Crippen molar-refractivity contribution in [3.8, 4) is 17.5 Å². The molecule has 0 radical (unpaired) electrons. The van der Waals surface area contributed by atoms with Crippen molar-refractivity contribution in [1.82, 2.24) is 19.3 Å². The zero-order valence-corrected chi connectivity index (χ0v) is 18.8. The molecule has 0 bridgehead atoms. The first-order valence-corrected chi connectivity index (χ1v) is 12.0. The molecule has 0 amide bonds. The number of halogens is 3. The minimum Gasteiger partial charge on any atom is -0.320 e. The van der Waals surface area contributed by atoms with Gasteiger partial charge in [-0.1, -0.05) is 12.8 Å². The Hall–Kier alpha value is -2.97. The zero-order valence-electron chi connectivity index (χ0n) is 18.0. The van der Waals surface area contributed by atoms with Crippen LogP contribution in [0.2, 0.25) is 0 Å². The van der Waals surface area contributed by atoms with Gasteiger partial charge in [0.1, 0.15) is 22.7 Å². The highest BCUT2D eigenvalue weighted by atomic mass is 32.2. The van der Waals surface area contributed by atoms with Crippen molar-refractivity contribution in [2.75, 3.05) is 0 Å². The summed E-state index contributed by atoms with van der Waals surface area (Å²) in [6, 6.07) is 4.62. The molecule has 3 aromatic rings. The van der Waals surface area contributed by atoms with Crippen LogP contribution in [0.4, 0.5) is 13.2 Å². The van der Waals surface area contributed by atoms with E-state index in [1.807, 2.05) is 17.6 Å². The van der Waals surface area contributed by atoms with Crippen molar-refractivity contribution < 1.29 is 21.6 Å². The van der Waals surface area contributed by atoms with E-state index in [1.54, 1.807) is 10.9 Å². The topological polar surface area (TPSA) is 101 Å². The molecule has 0 saturated heterocycles. The van der Waals surface area contributed by atoms with Crippen LogP contribution in [0, 0.1) is 18.3 Å². The molecule has 7 nitrogen and oxygen atoms in total. The molecule has 33 heavy (non-hydrogen) atoms. The Balaban J connectivity index is 1.81. The molecular formula is C22H22F3N5O2S. The van der Waals surface area contributed by atoms with Gasteiger partial charge in [-0.15, -0.1) is 0 Å². The number of nitrogens with zero attached hydrogens (tertiary/aromatic N) is 4. The quantitative estimate of drug-likeness (QED) is 0.578. The van der Waals surface area contributed by atoms with E-state index in [9.17, 15) is 26.9 Å². The van der Waals surface area contributed by atoms with Gasteiger partial charge in [0.15, 0.2) is 0 Å². The van der Waals surface area contributed by atoms with Crippen LogP contribution < -0.4 is 4.72 Å². The molecule has 174 valence electrons. The van der Waals surface area contributed by atoms with Crippen LogP contribution in [0.3, 0.4) is 0 Å². The van der Waals surface area contributed by atoms with E-state index >= 15 is 0 Å². The molecule has 3 aromatic heterocycles. The van der Waals surface area contributed by atoms with Gasteiger partial charge in [-0.2, -0.15) is 23.2 Å². The van der Waals surface area contributed by atoms with Crippen molar-refractivity contribution in [2.45, 2.75) is 62.7 Å². The van der Waals surface area contributed by atoms with E-state index in [0.29, 0.717) is 28.0 Å². The van der Waals surface area contributed by atoms with Gasteiger partial charge in [0, 0.05) is 23.8 Å². The van der Waals surface area contributed by atoms with Crippen molar-refractivity contribution in [1.29, 1.82) is 5.26 Å². The number of hydrogen-bond donors (Lipinski definition) is 1. The van der Waals surface area contributed by atoms with E-state index in [4.69, 9.17) is 0 Å². The molecule has 4 rings (SSSR count). The molecule has 0 aromatic carbocycles. The molecule has 1 atom stereocenters. The van der Waals surface area contributed by atoms with Gasteiger partial charge < -0.3 is 4.57 Å². The Kier molecular flexibility index (Phi) is 5.92. The first kappa shape index (κ1) is 23.2. The number of nitriles is 1. The lowest BCUT2D eigenvalue weighted by Gasteiger charge is -2.18. The van der Waals surface area contributed by atoms with Gasteiger partial charge >= 0.3 is 6.18 Å². The first-order chi connectivity index (χ1) is 15.5. The van der Waals surface area contributed by atoms with Crippen LogP contribution in [-0.2, 0) is 10.0 Å². The second kappa shape index (κ2) is 8.43. The standard InChI is InChI=1S/C22H22F3N5O2S/c1-13-9-17-18(10-26)20(30(21(17)28-11-13)15-5-3-4-6-15)19-8-7-16(12-27-19)33(31,32)29-14(2)22(23,24)25/h7-9,11-12,14-15,29H,3-6H2,1-2H3/t14-/m0/s1. The predicted octanol–water partition coefficient (Wildman–Crippen LogP) is 4.62. The molecule has 0 spiro atoms. The van der Waals surface area contributed by atoms with Crippen LogP contribution >= 0.6 is 0 Å². The largest absolute Gasteiger partial charge is 0.404 e. The van der Waals surface area contributed by atoms with Gasteiger partial charge in [0.2, 0.25) is 10.0 Å². The van der Waals surface area contributed by atoms with Crippen molar-refractivity contribution >= 4 is 21.1 Å². The molecule has 1 aliphatic rings. The summed E-state index contributed by atoms with van der Waals surface area (Å²) in [6.07, 6.45) is 1.96. The van der Waals surface area contributed by atoms with Crippen LogP contribution in [0.1, 0.15) is 49.8 Å². The van der Waals surface area contributed by atoms with Crippen molar-refractivity contribution in [3.05, 3.63) is 41.7 Å². The summed E-state index contributed by atoms with van der Waals surface area (Å²) in [5.41, 5.74) is 2.85. The van der Waals surface area contributed by atoms with E-state index in [-0.39, 0.29) is 6.04 Å². The molecule has 0 aliphatic heterocycles. The third kappa shape index (κ3) is 4.32. The molecular weight excluding hydrogens is 455 g/mol. The molecule has 1 saturated carbocycles. The number of aryl methyl sites for hydroxylation is 1. The normalized spacial score (nSPS) is 16.2. The molecule has 11 heteroatoms. The summed E-state index contributed by atoms with van der Waals surface area (Å²) in [7, 11) is -4.43. The summed E-state index contributed by atoms with van der Waals surface area (Å²) in [4.78, 5) is 8.42. The number of sulfonamides is 1. The van der Waals surface area contributed by atoms with Gasteiger partial charge in [-0.05, 0) is 50.5 Å². The fourth-order valence-corrected chi connectivity index (χ4v) is 5.40. The second-order valence-electron chi connectivity index (χ2n) is 8.29. The van der Waals surface area contributed by atoms with Crippen molar-refractivity contribution in [3.63, 3.8) is 0 Å². The summed E-state index contributed by atoms with van der Waals surface area (Å²) in [5, 5.41) is 10.6. The summed E-state index contributed by atoms with van der Waals surface area (Å²) in [5.74, 6) is 0. The highest BCUT2D eigenvalue weighted by Gasteiger charge is 2.39. The Morgan fingerprint density at radius 3 is 2.48 bits per heavy atom. The van der Waals surface area contributed by atoms with Crippen LogP contribution in [-0.4, -0.2) is 35.2 Å². The van der Waals surface area contributed by atoms with E-state index in [1.165, 1.54) is 12.1 Å². The number of nitrogens with one attached hydrogen (secondary N) is 1. The van der Waals surface area contributed by atoms with Crippen LogP contribution in [0.25, 0.3) is 22.4 Å². The monoisotopic (exact) mass is 477 g/mol. The van der Waals surface area contributed by atoms with Crippen LogP contribution in [0.5, 0.6) is 0 Å². The highest BCUT2D eigenvalue weighted by Crippen LogP contribution is 2.40. The Morgan fingerprint density at radius 2 is 1.91 bits per heavy atom. The van der Waals surface area contributed by atoms with Gasteiger partial charge in [0.25, 0.3) is 0 Å². The maximum Gasteiger partial charge on any atom is 0.404 e. The lowest BCUT2D eigenvalue weighted by Crippen LogP contribution is -2.42. The Bertz CT molecular complexity index is 1340. The highest BCUT2D eigenvalue weighted by molar-refractivity contribution is 7.89. The minimum absolute atomic E-state index is 0.124. The fraction of sp³-hybridized carbons (Fsp3) is 0.409. The third-order valence-corrected chi connectivity index (χ3v) is 7.42. The summed E-state index contributed by atoms with van der Waals surface area (Å²) >= 11 is 0. The number of rotatable bonds is 5. The molecule has 1 fully saturated rings. The molecule has 1 aliphatic carbocycles.